The Bertz CT molecular complexity index is 880. The highest BCUT2D eigenvalue weighted by Gasteiger charge is 2.49. The topological polar surface area (TPSA) is 47.9 Å². The molecule has 4 heteroatoms. The molecule has 1 aliphatic heterocycles. The number of hydrogen-bond acceptors (Lipinski definition) is 4. The highest BCUT2D eigenvalue weighted by atomic mass is 16.6. The molecule has 1 N–H and O–H groups in total. The van der Waals surface area contributed by atoms with Gasteiger partial charge in [0.15, 0.2) is 12.2 Å². The molecule has 0 saturated carbocycles. The molecular weight excluding hydrogens is 424 g/mol. The van der Waals surface area contributed by atoms with Crippen LogP contribution >= 0.6 is 0 Å². The summed E-state index contributed by atoms with van der Waals surface area (Å²) in [5.74, 6) is 1.88. The number of unbranched alkanes of at least 4 members (excludes halogenated alkanes) is 5. The standard InChI is InChI=1S/C30H42O4/c1-5-6-7-8-9-10-11-16-24(4)28-30(33-26-18-13-15-23(3)20-26)29(27(21-31)34-28)32-25-17-12-14-22(2)19-25/h5,12-15,17-20,24,27-31H,1,6-11,16,21H2,2-4H3/t24?,27-,28+,29-,30-/m1/s1. The van der Waals surface area contributed by atoms with Crippen LogP contribution in [0.2, 0.25) is 0 Å². The molecule has 0 spiro atoms. The van der Waals surface area contributed by atoms with Crippen molar-refractivity contribution in [3.05, 3.63) is 72.3 Å². The Labute approximate surface area is 205 Å². The minimum absolute atomic E-state index is 0.101. The van der Waals surface area contributed by atoms with E-state index in [-0.39, 0.29) is 18.8 Å². The first-order chi connectivity index (χ1) is 16.5. The molecule has 1 unspecified atom stereocenters. The third kappa shape index (κ3) is 7.61. The molecule has 0 aliphatic carbocycles. The van der Waals surface area contributed by atoms with Gasteiger partial charge < -0.3 is 19.3 Å². The Morgan fingerprint density at radius 2 is 1.50 bits per heavy atom. The molecule has 0 aromatic heterocycles. The van der Waals surface area contributed by atoms with Crippen LogP contribution in [0.4, 0.5) is 0 Å². The van der Waals surface area contributed by atoms with E-state index in [1.807, 2.05) is 55.5 Å². The minimum Gasteiger partial charge on any atom is -0.484 e. The lowest BCUT2D eigenvalue weighted by Gasteiger charge is -2.28. The largest absolute Gasteiger partial charge is 0.484 e. The SMILES string of the molecule is C=CCCCCCCCC(C)[C@@H]1O[C@H](CO)[C@@H](Oc2cccc(C)c2)[C@@H]1Oc1cccc(C)c1. The Morgan fingerprint density at radius 1 is 0.912 bits per heavy atom. The molecule has 1 fully saturated rings. The van der Waals surface area contributed by atoms with Crippen LogP contribution < -0.4 is 9.47 Å². The first kappa shape index (κ1) is 26.3. The average Bonchev–Trinajstić information content (AvgIpc) is 3.15. The second-order valence-corrected chi connectivity index (χ2v) is 9.73. The molecule has 5 atom stereocenters. The number of allylic oxidation sites excluding steroid dienone is 1. The van der Waals surface area contributed by atoms with Crippen molar-refractivity contribution in [2.24, 2.45) is 5.92 Å². The van der Waals surface area contributed by atoms with E-state index in [9.17, 15) is 5.11 Å². The van der Waals surface area contributed by atoms with E-state index in [2.05, 4.69) is 26.5 Å². The maximum Gasteiger partial charge on any atom is 0.166 e. The summed E-state index contributed by atoms with van der Waals surface area (Å²) in [4.78, 5) is 0. The maximum absolute atomic E-state index is 10.1. The lowest BCUT2D eigenvalue weighted by molar-refractivity contribution is -0.0383. The maximum atomic E-state index is 10.1. The smallest absolute Gasteiger partial charge is 0.166 e. The van der Waals surface area contributed by atoms with Gasteiger partial charge in [0, 0.05) is 0 Å². The van der Waals surface area contributed by atoms with Crippen LogP contribution in [0.25, 0.3) is 0 Å². The first-order valence-corrected chi connectivity index (χ1v) is 12.9. The van der Waals surface area contributed by atoms with Gasteiger partial charge in [0.05, 0.1) is 6.61 Å². The Morgan fingerprint density at radius 3 is 2.09 bits per heavy atom. The predicted octanol–water partition coefficient (Wildman–Crippen LogP) is 6.81. The van der Waals surface area contributed by atoms with Gasteiger partial charge in [0.1, 0.15) is 23.7 Å². The van der Waals surface area contributed by atoms with Crippen LogP contribution in [0.15, 0.2) is 61.2 Å². The number of rotatable bonds is 14. The first-order valence-electron chi connectivity index (χ1n) is 12.9. The van der Waals surface area contributed by atoms with Crippen LogP contribution in [-0.2, 0) is 4.74 Å². The fraction of sp³-hybridized carbons (Fsp3) is 0.533. The van der Waals surface area contributed by atoms with Gasteiger partial charge in [-0.2, -0.15) is 0 Å². The lowest BCUT2D eigenvalue weighted by atomic mass is 9.92. The Kier molecular flexibility index (Phi) is 10.5. The molecule has 2 aromatic rings. The fourth-order valence-corrected chi connectivity index (χ4v) is 4.78. The average molecular weight is 467 g/mol. The van der Waals surface area contributed by atoms with Crippen molar-refractivity contribution in [3.8, 4) is 11.5 Å². The van der Waals surface area contributed by atoms with Crippen LogP contribution in [0, 0.1) is 19.8 Å². The zero-order valence-corrected chi connectivity index (χ0v) is 21.1. The van der Waals surface area contributed by atoms with Gasteiger partial charge in [0.25, 0.3) is 0 Å². The summed E-state index contributed by atoms with van der Waals surface area (Å²) in [6.07, 6.45) is 9.05. The van der Waals surface area contributed by atoms with Crippen molar-refractivity contribution in [1.82, 2.24) is 0 Å². The molecule has 0 bridgehead atoms. The van der Waals surface area contributed by atoms with Crippen LogP contribution in [-0.4, -0.2) is 36.1 Å². The van der Waals surface area contributed by atoms with Crippen molar-refractivity contribution in [3.63, 3.8) is 0 Å². The molecule has 1 heterocycles. The fourth-order valence-electron chi connectivity index (χ4n) is 4.78. The minimum atomic E-state index is -0.429. The summed E-state index contributed by atoms with van der Waals surface area (Å²) in [7, 11) is 0. The second-order valence-electron chi connectivity index (χ2n) is 9.73. The number of aliphatic hydroxyl groups excluding tert-OH is 1. The van der Waals surface area contributed by atoms with Gasteiger partial charge in [-0.05, 0) is 74.4 Å². The van der Waals surface area contributed by atoms with Crippen molar-refractivity contribution < 1.29 is 19.3 Å². The summed E-state index contributed by atoms with van der Waals surface area (Å²) < 4.78 is 19.4. The second kappa shape index (κ2) is 13.6. The molecule has 186 valence electrons. The van der Waals surface area contributed by atoms with Gasteiger partial charge in [0.2, 0.25) is 0 Å². The molecular formula is C30H42O4. The number of ether oxygens (including phenoxy) is 3. The van der Waals surface area contributed by atoms with E-state index in [1.54, 1.807) is 0 Å². The van der Waals surface area contributed by atoms with E-state index in [0.29, 0.717) is 5.92 Å². The Hall–Kier alpha value is -2.30. The van der Waals surface area contributed by atoms with Gasteiger partial charge in [-0.15, -0.1) is 6.58 Å². The highest BCUT2D eigenvalue weighted by molar-refractivity contribution is 5.30. The lowest BCUT2D eigenvalue weighted by Crippen LogP contribution is -2.44. The van der Waals surface area contributed by atoms with E-state index in [0.717, 1.165) is 35.5 Å². The van der Waals surface area contributed by atoms with Gasteiger partial charge in [-0.1, -0.05) is 62.9 Å². The van der Waals surface area contributed by atoms with E-state index in [1.165, 1.54) is 32.1 Å². The van der Waals surface area contributed by atoms with Crippen molar-refractivity contribution in [2.75, 3.05) is 6.61 Å². The van der Waals surface area contributed by atoms with Crippen LogP contribution in [0.3, 0.4) is 0 Å². The number of aryl methyl sites for hydroxylation is 2. The molecule has 0 amide bonds. The summed E-state index contributed by atoms with van der Waals surface area (Å²) in [5.41, 5.74) is 2.28. The Balaban J connectivity index is 1.71. The van der Waals surface area contributed by atoms with Crippen molar-refractivity contribution in [2.45, 2.75) is 90.1 Å². The highest BCUT2D eigenvalue weighted by Crippen LogP contribution is 2.35. The summed E-state index contributed by atoms with van der Waals surface area (Å²) in [6.45, 7) is 10.0. The molecule has 34 heavy (non-hydrogen) atoms. The third-order valence-corrected chi connectivity index (χ3v) is 6.68. The van der Waals surface area contributed by atoms with Gasteiger partial charge in [-0.3, -0.25) is 0 Å². The molecule has 4 nitrogen and oxygen atoms in total. The van der Waals surface area contributed by atoms with E-state index < -0.39 is 12.2 Å². The normalized spacial score (nSPS) is 22.9. The zero-order valence-electron chi connectivity index (χ0n) is 21.1. The number of benzene rings is 2. The third-order valence-electron chi connectivity index (χ3n) is 6.68. The molecule has 1 saturated heterocycles. The summed E-state index contributed by atoms with van der Waals surface area (Å²) in [5, 5.41) is 10.1. The van der Waals surface area contributed by atoms with Crippen LogP contribution in [0.5, 0.6) is 11.5 Å². The molecule has 3 rings (SSSR count). The molecule has 0 radical (unpaired) electrons. The molecule has 2 aromatic carbocycles. The summed E-state index contributed by atoms with van der Waals surface area (Å²) >= 11 is 0. The number of hydrogen-bond donors (Lipinski definition) is 1. The van der Waals surface area contributed by atoms with Crippen molar-refractivity contribution >= 4 is 0 Å². The molecule has 1 aliphatic rings. The summed E-state index contributed by atoms with van der Waals surface area (Å²) in [6, 6.07) is 16.1. The quantitative estimate of drug-likeness (QED) is 0.245. The zero-order chi connectivity index (χ0) is 24.3. The van der Waals surface area contributed by atoms with Crippen molar-refractivity contribution in [1.29, 1.82) is 0 Å². The van der Waals surface area contributed by atoms with E-state index in [4.69, 9.17) is 14.2 Å². The predicted molar refractivity (Wildman–Crippen MR) is 139 cm³/mol. The van der Waals surface area contributed by atoms with Crippen LogP contribution in [0.1, 0.15) is 63.0 Å². The van der Waals surface area contributed by atoms with Gasteiger partial charge in [-0.25, -0.2) is 0 Å². The number of aliphatic hydroxyl groups is 1. The van der Waals surface area contributed by atoms with Gasteiger partial charge >= 0.3 is 0 Å². The monoisotopic (exact) mass is 466 g/mol. The van der Waals surface area contributed by atoms with E-state index >= 15 is 0 Å².